The lowest BCUT2D eigenvalue weighted by Crippen LogP contribution is -2.38. The molecule has 17 heavy (non-hydrogen) atoms. The van der Waals surface area contributed by atoms with Crippen LogP contribution in [0.15, 0.2) is 12.1 Å². The number of rotatable bonds is 3. The molecule has 0 heterocycles. The lowest BCUT2D eigenvalue weighted by molar-refractivity contribution is 0.0932. The summed E-state index contributed by atoms with van der Waals surface area (Å²) in [5.74, 6) is -4.50. The van der Waals surface area contributed by atoms with Crippen LogP contribution in [-0.4, -0.2) is 18.5 Å². The Bertz CT molecular complexity index is 392. The van der Waals surface area contributed by atoms with Crippen LogP contribution in [0.5, 0.6) is 0 Å². The van der Waals surface area contributed by atoms with E-state index in [0.29, 0.717) is 12.1 Å². The molecule has 0 aromatic heterocycles. The topological polar surface area (TPSA) is 55.1 Å². The average Bonchev–Trinajstić information content (AvgIpc) is 2.15. The normalized spacial score (nSPS) is 11.6. The van der Waals surface area contributed by atoms with E-state index in [-0.39, 0.29) is 19.0 Å². The van der Waals surface area contributed by atoms with Crippen LogP contribution in [0.25, 0.3) is 0 Å². The predicted octanol–water partition coefficient (Wildman–Crippen LogP) is 1.60. The number of halogens is 4. The van der Waals surface area contributed by atoms with Crippen LogP contribution >= 0.6 is 12.4 Å². The minimum Gasteiger partial charge on any atom is -0.348 e. The van der Waals surface area contributed by atoms with Crippen LogP contribution in [0.2, 0.25) is 0 Å². The second-order valence-corrected chi connectivity index (χ2v) is 3.35. The van der Waals surface area contributed by atoms with Gasteiger partial charge < -0.3 is 11.1 Å². The molecule has 0 fully saturated rings. The molecule has 0 aliphatic carbocycles. The van der Waals surface area contributed by atoms with Crippen LogP contribution < -0.4 is 11.1 Å². The molecule has 0 spiro atoms. The van der Waals surface area contributed by atoms with Gasteiger partial charge in [0.2, 0.25) is 0 Å². The summed E-state index contributed by atoms with van der Waals surface area (Å²) in [6.07, 6.45) is 0. The smallest absolute Gasteiger partial charge is 0.257 e. The first-order valence-electron chi connectivity index (χ1n) is 4.61. The molecule has 3 N–H and O–H groups in total. The minimum absolute atomic E-state index is 0. The molecular formula is C10H12ClF3N2O. The van der Waals surface area contributed by atoms with Crippen molar-refractivity contribution >= 4 is 18.3 Å². The Morgan fingerprint density at radius 1 is 1.35 bits per heavy atom. The van der Waals surface area contributed by atoms with Gasteiger partial charge in [0.05, 0.1) is 0 Å². The van der Waals surface area contributed by atoms with Gasteiger partial charge in [0.15, 0.2) is 0 Å². The zero-order valence-corrected chi connectivity index (χ0v) is 9.78. The molecular weight excluding hydrogens is 257 g/mol. The highest BCUT2D eigenvalue weighted by molar-refractivity contribution is 5.94. The van der Waals surface area contributed by atoms with Crippen LogP contribution in [-0.2, 0) is 0 Å². The number of benzene rings is 1. The van der Waals surface area contributed by atoms with Gasteiger partial charge in [-0.15, -0.1) is 12.4 Å². The number of hydrogen-bond acceptors (Lipinski definition) is 2. The second kappa shape index (κ2) is 6.46. The summed E-state index contributed by atoms with van der Waals surface area (Å²) < 4.78 is 38.9. The van der Waals surface area contributed by atoms with Gasteiger partial charge in [-0.2, -0.15) is 0 Å². The molecule has 0 aliphatic rings. The molecule has 7 heteroatoms. The van der Waals surface area contributed by atoms with E-state index in [9.17, 15) is 18.0 Å². The molecule has 0 bridgehead atoms. The largest absolute Gasteiger partial charge is 0.348 e. The van der Waals surface area contributed by atoms with Crippen molar-refractivity contribution in [3.63, 3.8) is 0 Å². The summed E-state index contributed by atoms with van der Waals surface area (Å²) >= 11 is 0. The number of hydrogen-bond donors (Lipinski definition) is 2. The van der Waals surface area contributed by atoms with E-state index in [1.54, 1.807) is 6.92 Å². The second-order valence-electron chi connectivity index (χ2n) is 3.35. The minimum atomic E-state index is -1.24. The number of amides is 1. The van der Waals surface area contributed by atoms with Crippen molar-refractivity contribution in [3.8, 4) is 0 Å². The lowest BCUT2D eigenvalue weighted by Gasteiger charge is -2.12. The monoisotopic (exact) mass is 268 g/mol. The van der Waals surface area contributed by atoms with E-state index >= 15 is 0 Å². The fourth-order valence-electron chi connectivity index (χ4n) is 1.11. The SMILES string of the molecule is C[C@@H](CN)NC(=O)c1c(F)cc(F)cc1F.Cl. The first-order valence-corrected chi connectivity index (χ1v) is 4.61. The Labute approximate surface area is 103 Å². The Hall–Kier alpha value is -1.27. The maximum absolute atomic E-state index is 13.1. The standard InChI is InChI=1S/C10H11F3N2O.ClH/c1-5(4-14)15-10(16)9-7(12)2-6(11)3-8(9)13;/h2-3,5H,4,14H2,1H3,(H,15,16);1H/t5-;/m0./s1. The summed E-state index contributed by atoms with van der Waals surface area (Å²) in [7, 11) is 0. The quantitative estimate of drug-likeness (QED) is 0.875. The van der Waals surface area contributed by atoms with Gasteiger partial charge in [-0.05, 0) is 6.92 Å². The molecule has 1 aromatic rings. The Balaban J connectivity index is 0.00000256. The van der Waals surface area contributed by atoms with Gasteiger partial charge in [0.25, 0.3) is 5.91 Å². The van der Waals surface area contributed by atoms with Crippen molar-refractivity contribution < 1.29 is 18.0 Å². The molecule has 1 atom stereocenters. The van der Waals surface area contributed by atoms with Crippen molar-refractivity contribution in [2.45, 2.75) is 13.0 Å². The van der Waals surface area contributed by atoms with E-state index in [2.05, 4.69) is 5.32 Å². The van der Waals surface area contributed by atoms with E-state index in [0.717, 1.165) is 0 Å². The van der Waals surface area contributed by atoms with Crippen LogP contribution in [0.4, 0.5) is 13.2 Å². The molecule has 0 saturated carbocycles. The van der Waals surface area contributed by atoms with Gasteiger partial charge in [0.1, 0.15) is 23.0 Å². The Morgan fingerprint density at radius 3 is 2.24 bits per heavy atom. The van der Waals surface area contributed by atoms with E-state index in [1.807, 2.05) is 0 Å². The van der Waals surface area contributed by atoms with Crippen molar-refractivity contribution in [3.05, 3.63) is 35.1 Å². The molecule has 0 unspecified atom stereocenters. The molecule has 0 saturated heterocycles. The summed E-state index contributed by atoms with van der Waals surface area (Å²) in [4.78, 5) is 11.4. The van der Waals surface area contributed by atoms with Crippen molar-refractivity contribution in [1.82, 2.24) is 5.32 Å². The lowest BCUT2D eigenvalue weighted by atomic mass is 10.1. The van der Waals surface area contributed by atoms with Gasteiger partial charge in [-0.1, -0.05) is 0 Å². The fourth-order valence-corrected chi connectivity index (χ4v) is 1.11. The summed E-state index contributed by atoms with van der Waals surface area (Å²) in [6.45, 7) is 1.72. The number of nitrogens with two attached hydrogens (primary N) is 1. The molecule has 1 amide bonds. The van der Waals surface area contributed by atoms with Gasteiger partial charge in [0, 0.05) is 24.7 Å². The van der Waals surface area contributed by atoms with Gasteiger partial charge >= 0.3 is 0 Å². The zero-order chi connectivity index (χ0) is 12.3. The third-order valence-corrected chi connectivity index (χ3v) is 1.96. The number of carbonyl (C=O) groups excluding carboxylic acids is 1. The Morgan fingerprint density at radius 2 is 1.82 bits per heavy atom. The molecule has 3 nitrogen and oxygen atoms in total. The highest BCUT2D eigenvalue weighted by Gasteiger charge is 2.19. The van der Waals surface area contributed by atoms with E-state index in [4.69, 9.17) is 5.73 Å². The van der Waals surface area contributed by atoms with Crippen molar-refractivity contribution in [1.29, 1.82) is 0 Å². The van der Waals surface area contributed by atoms with Crippen LogP contribution in [0, 0.1) is 17.5 Å². The fraction of sp³-hybridized carbons (Fsp3) is 0.300. The molecule has 1 rings (SSSR count). The number of carbonyl (C=O) groups is 1. The highest BCUT2D eigenvalue weighted by Crippen LogP contribution is 2.14. The van der Waals surface area contributed by atoms with E-state index < -0.39 is 35.0 Å². The first-order chi connectivity index (χ1) is 7.45. The first kappa shape index (κ1) is 15.7. The van der Waals surface area contributed by atoms with Crippen LogP contribution in [0.3, 0.4) is 0 Å². The summed E-state index contributed by atoms with van der Waals surface area (Å²) in [5.41, 5.74) is 4.43. The molecule has 1 aromatic carbocycles. The predicted molar refractivity (Wildman–Crippen MR) is 59.5 cm³/mol. The molecule has 0 radical (unpaired) electrons. The molecule has 96 valence electrons. The maximum atomic E-state index is 13.1. The van der Waals surface area contributed by atoms with E-state index in [1.165, 1.54) is 0 Å². The van der Waals surface area contributed by atoms with Gasteiger partial charge in [-0.25, -0.2) is 13.2 Å². The maximum Gasteiger partial charge on any atom is 0.257 e. The highest BCUT2D eigenvalue weighted by atomic mass is 35.5. The van der Waals surface area contributed by atoms with Crippen molar-refractivity contribution in [2.75, 3.05) is 6.54 Å². The Kier molecular flexibility index (Phi) is 5.98. The van der Waals surface area contributed by atoms with Crippen LogP contribution in [0.1, 0.15) is 17.3 Å². The average molecular weight is 269 g/mol. The molecule has 0 aliphatic heterocycles. The van der Waals surface area contributed by atoms with Crippen molar-refractivity contribution in [2.24, 2.45) is 5.73 Å². The number of nitrogens with one attached hydrogen (secondary N) is 1. The summed E-state index contributed by atoms with van der Waals surface area (Å²) in [5, 5.41) is 2.28. The third-order valence-electron chi connectivity index (χ3n) is 1.96. The zero-order valence-electron chi connectivity index (χ0n) is 8.97. The summed E-state index contributed by atoms with van der Waals surface area (Å²) in [6, 6.07) is 0.479. The van der Waals surface area contributed by atoms with Gasteiger partial charge in [-0.3, -0.25) is 4.79 Å². The third kappa shape index (κ3) is 3.90.